The van der Waals surface area contributed by atoms with Crippen molar-refractivity contribution < 1.29 is 13.6 Å². The zero-order valence-electron chi connectivity index (χ0n) is 8.06. The molecule has 0 spiro atoms. The van der Waals surface area contributed by atoms with E-state index < -0.39 is 29.0 Å². The van der Waals surface area contributed by atoms with Gasteiger partial charge in [-0.25, -0.2) is 8.78 Å². The van der Waals surface area contributed by atoms with Crippen LogP contribution in [0, 0.1) is 11.6 Å². The van der Waals surface area contributed by atoms with Gasteiger partial charge in [0.2, 0.25) is 0 Å². The maximum atomic E-state index is 13.4. The maximum Gasteiger partial charge on any atom is 0.170 e. The van der Waals surface area contributed by atoms with Crippen molar-refractivity contribution in [2.45, 2.75) is 19.4 Å². The molecule has 15 heavy (non-hydrogen) atoms. The molecule has 1 rings (SSSR count). The SMILES string of the molecule is CC(N)CC(=O)c1c(F)ccc(Br)c1F. The van der Waals surface area contributed by atoms with Gasteiger partial charge in [-0.05, 0) is 35.0 Å². The molecular formula is C10H10BrF2NO. The third kappa shape index (κ3) is 2.82. The normalized spacial score (nSPS) is 12.6. The van der Waals surface area contributed by atoms with Gasteiger partial charge in [0.1, 0.15) is 5.82 Å². The number of hydrogen-bond donors (Lipinski definition) is 1. The van der Waals surface area contributed by atoms with E-state index in [0.717, 1.165) is 6.07 Å². The Morgan fingerprint density at radius 3 is 2.67 bits per heavy atom. The highest BCUT2D eigenvalue weighted by Gasteiger charge is 2.20. The summed E-state index contributed by atoms with van der Waals surface area (Å²) < 4.78 is 26.7. The summed E-state index contributed by atoms with van der Waals surface area (Å²) in [6, 6.07) is 1.84. The summed E-state index contributed by atoms with van der Waals surface area (Å²) in [6.45, 7) is 1.60. The lowest BCUT2D eigenvalue weighted by Crippen LogP contribution is -2.21. The first kappa shape index (κ1) is 12.3. The van der Waals surface area contributed by atoms with Crippen LogP contribution in [0.4, 0.5) is 8.78 Å². The molecule has 1 aromatic rings. The van der Waals surface area contributed by atoms with Crippen LogP contribution in [0.15, 0.2) is 16.6 Å². The van der Waals surface area contributed by atoms with E-state index in [0.29, 0.717) is 0 Å². The molecule has 1 atom stereocenters. The minimum atomic E-state index is -0.874. The van der Waals surface area contributed by atoms with E-state index in [1.54, 1.807) is 6.92 Å². The third-order valence-corrected chi connectivity index (χ3v) is 2.44. The highest BCUT2D eigenvalue weighted by atomic mass is 79.9. The average Bonchev–Trinajstić information content (AvgIpc) is 2.11. The molecule has 0 aliphatic carbocycles. The molecule has 5 heteroatoms. The summed E-state index contributed by atoms with van der Waals surface area (Å²) in [5.41, 5.74) is 4.87. The smallest absolute Gasteiger partial charge is 0.170 e. The van der Waals surface area contributed by atoms with Gasteiger partial charge in [-0.1, -0.05) is 0 Å². The number of hydrogen-bond acceptors (Lipinski definition) is 2. The van der Waals surface area contributed by atoms with Crippen molar-refractivity contribution in [1.29, 1.82) is 0 Å². The largest absolute Gasteiger partial charge is 0.328 e. The van der Waals surface area contributed by atoms with Crippen molar-refractivity contribution in [3.8, 4) is 0 Å². The summed E-state index contributed by atoms with van der Waals surface area (Å²) in [6.07, 6.45) is -0.0791. The predicted octanol–water partition coefficient (Wildman–Crippen LogP) is 2.65. The maximum absolute atomic E-state index is 13.4. The molecule has 0 aliphatic rings. The van der Waals surface area contributed by atoms with Crippen LogP contribution in [0.1, 0.15) is 23.7 Å². The van der Waals surface area contributed by atoms with Gasteiger partial charge in [-0.2, -0.15) is 0 Å². The molecule has 0 aromatic heterocycles. The van der Waals surface area contributed by atoms with E-state index in [9.17, 15) is 13.6 Å². The number of carbonyl (C=O) groups is 1. The quantitative estimate of drug-likeness (QED) is 0.682. The van der Waals surface area contributed by atoms with Crippen molar-refractivity contribution in [2.24, 2.45) is 5.73 Å². The van der Waals surface area contributed by atoms with Crippen LogP contribution in [0.5, 0.6) is 0 Å². The average molecular weight is 278 g/mol. The summed E-state index contributed by atoms with van der Waals surface area (Å²) in [5, 5.41) is 0. The monoisotopic (exact) mass is 277 g/mol. The topological polar surface area (TPSA) is 43.1 Å². The number of benzene rings is 1. The number of Topliss-reactive ketones (excluding diaryl/α,β-unsaturated/α-hetero) is 1. The molecule has 0 fully saturated rings. The molecule has 1 unspecified atom stereocenters. The summed E-state index contributed by atoms with van der Waals surface area (Å²) in [5.74, 6) is -2.36. The van der Waals surface area contributed by atoms with Crippen molar-refractivity contribution in [3.05, 3.63) is 33.8 Å². The Hall–Kier alpha value is -0.810. The van der Waals surface area contributed by atoms with Gasteiger partial charge in [0.25, 0.3) is 0 Å². The second kappa shape index (κ2) is 4.81. The van der Waals surface area contributed by atoms with Crippen LogP contribution < -0.4 is 5.73 Å². The van der Waals surface area contributed by atoms with Crippen molar-refractivity contribution in [2.75, 3.05) is 0 Å². The standard InChI is InChI=1S/C10H10BrF2NO/c1-5(14)4-8(15)9-7(12)3-2-6(11)10(9)13/h2-3,5H,4,14H2,1H3. The fourth-order valence-corrected chi connectivity index (χ4v) is 1.51. The fourth-order valence-electron chi connectivity index (χ4n) is 1.18. The number of nitrogens with two attached hydrogens (primary N) is 1. The van der Waals surface area contributed by atoms with Crippen LogP contribution in [-0.2, 0) is 0 Å². The highest BCUT2D eigenvalue weighted by molar-refractivity contribution is 9.10. The third-order valence-electron chi connectivity index (χ3n) is 1.83. The Kier molecular flexibility index (Phi) is 3.93. The van der Waals surface area contributed by atoms with Gasteiger partial charge in [0.15, 0.2) is 11.6 Å². The molecule has 0 aliphatic heterocycles. The van der Waals surface area contributed by atoms with Gasteiger partial charge < -0.3 is 5.73 Å². The van der Waals surface area contributed by atoms with Crippen molar-refractivity contribution >= 4 is 21.7 Å². The zero-order valence-corrected chi connectivity index (χ0v) is 9.64. The molecule has 0 saturated heterocycles. The number of rotatable bonds is 3. The number of ketones is 1. The first-order valence-corrected chi connectivity index (χ1v) is 5.15. The molecule has 1 aromatic carbocycles. The summed E-state index contributed by atoms with van der Waals surface area (Å²) in [4.78, 5) is 11.5. The molecule has 0 bridgehead atoms. The second-order valence-electron chi connectivity index (χ2n) is 3.32. The lowest BCUT2D eigenvalue weighted by atomic mass is 10.0. The van der Waals surface area contributed by atoms with Crippen molar-refractivity contribution in [1.82, 2.24) is 0 Å². The first-order valence-electron chi connectivity index (χ1n) is 4.35. The second-order valence-corrected chi connectivity index (χ2v) is 4.18. The summed E-state index contributed by atoms with van der Waals surface area (Å²) >= 11 is 2.89. The van der Waals surface area contributed by atoms with Gasteiger partial charge in [0.05, 0.1) is 10.0 Å². The predicted molar refractivity (Wildman–Crippen MR) is 56.7 cm³/mol. The van der Waals surface area contributed by atoms with Gasteiger partial charge >= 0.3 is 0 Å². The Labute approximate surface area is 94.6 Å². The molecule has 2 N–H and O–H groups in total. The fraction of sp³-hybridized carbons (Fsp3) is 0.300. The molecule has 0 amide bonds. The van der Waals surface area contributed by atoms with Crippen LogP contribution in [-0.4, -0.2) is 11.8 Å². The lowest BCUT2D eigenvalue weighted by Gasteiger charge is -2.07. The molecule has 0 saturated carbocycles. The van der Waals surface area contributed by atoms with E-state index in [2.05, 4.69) is 15.9 Å². The Morgan fingerprint density at radius 2 is 2.13 bits per heavy atom. The number of halogens is 3. The van der Waals surface area contributed by atoms with Gasteiger partial charge in [-0.15, -0.1) is 0 Å². The number of carbonyl (C=O) groups excluding carboxylic acids is 1. The highest BCUT2D eigenvalue weighted by Crippen LogP contribution is 2.22. The van der Waals surface area contributed by atoms with E-state index in [1.165, 1.54) is 6.07 Å². The lowest BCUT2D eigenvalue weighted by molar-refractivity contribution is 0.0968. The molecule has 0 radical (unpaired) electrons. The zero-order chi connectivity index (χ0) is 11.6. The van der Waals surface area contributed by atoms with E-state index in [-0.39, 0.29) is 10.9 Å². The van der Waals surface area contributed by atoms with Crippen LogP contribution in [0.3, 0.4) is 0 Å². The van der Waals surface area contributed by atoms with Crippen LogP contribution >= 0.6 is 15.9 Å². The molecular weight excluding hydrogens is 268 g/mol. The molecule has 2 nitrogen and oxygen atoms in total. The van der Waals surface area contributed by atoms with E-state index >= 15 is 0 Å². The van der Waals surface area contributed by atoms with Crippen LogP contribution in [0.25, 0.3) is 0 Å². The first-order chi connectivity index (χ1) is 6.93. The summed E-state index contributed by atoms with van der Waals surface area (Å²) in [7, 11) is 0. The Morgan fingerprint density at radius 1 is 1.53 bits per heavy atom. The van der Waals surface area contributed by atoms with E-state index in [4.69, 9.17) is 5.73 Å². The van der Waals surface area contributed by atoms with Crippen molar-refractivity contribution in [3.63, 3.8) is 0 Å². The minimum absolute atomic E-state index is 0.0666. The van der Waals surface area contributed by atoms with Gasteiger partial charge in [0, 0.05) is 12.5 Å². The minimum Gasteiger partial charge on any atom is -0.328 e. The van der Waals surface area contributed by atoms with E-state index in [1.807, 2.05) is 0 Å². The van der Waals surface area contributed by atoms with Gasteiger partial charge in [-0.3, -0.25) is 4.79 Å². The molecule has 82 valence electrons. The molecule has 0 heterocycles. The Balaban J connectivity index is 3.13. The Bertz CT molecular complexity index is 393. The van der Waals surface area contributed by atoms with Crippen LogP contribution in [0.2, 0.25) is 0 Å².